The molecule has 0 bridgehead atoms. The predicted molar refractivity (Wildman–Crippen MR) is 127 cm³/mol. The first kappa shape index (κ1) is 21.0. The molecule has 166 valence electrons. The molecule has 4 aromatic heterocycles. The van der Waals surface area contributed by atoms with E-state index in [1.165, 1.54) is 0 Å². The minimum atomic E-state index is -0.133. The van der Waals surface area contributed by atoms with E-state index < -0.39 is 0 Å². The van der Waals surface area contributed by atoms with Gasteiger partial charge in [-0.05, 0) is 48.9 Å². The molecule has 0 aliphatic heterocycles. The number of fused-ring (bicyclic) bond motifs is 1. The number of aliphatic hydroxyl groups excluding tert-OH is 1. The first-order valence-electron chi connectivity index (χ1n) is 10.9. The highest BCUT2D eigenvalue weighted by atomic mass is 16.3. The van der Waals surface area contributed by atoms with Crippen molar-refractivity contribution in [2.24, 2.45) is 12.8 Å². The first-order valence-corrected chi connectivity index (χ1v) is 10.9. The van der Waals surface area contributed by atoms with Crippen molar-refractivity contribution in [3.8, 4) is 28.3 Å². The topological polar surface area (TPSA) is 108 Å². The van der Waals surface area contributed by atoms with E-state index in [0.717, 1.165) is 45.5 Å². The minimum Gasteiger partial charge on any atom is -0.390 e. The average molecular weight is 440 g/mol. The Bertz CT molecular complexity index is 1440. The predicted octanol–water partition coefficient (Wildman–Crippen LogP) is 3.79. The fraction of sp³-hybridized carbons (Fsp3) is 0.200. The van der Waals surface area contributed by atoms with Gasteiger partial charge >= 0.3 is 0 Å². The summed E-state index contributed by atoms with van der Waals surface area (Å²) < 4.78 is 3.57. The Kier molecular flexibility index (Phi) is 5.45. The van der Waals surface area contributed by atoms with Gasteiger partial charge in [-0.25, -0.2) is 9.67 Å². The minimum absolute atomic E-state index is 0.111. The maximum atomic E-state index is 9.53. The summed E-state index contributed by atoms with van der Waals surface area (Å²) >= 11 is 0. The van der Waals surface area contributed by atoms with Crippen molar-refractivity contribution < 1.29 is 5.11 Å². The number of rotatable bonds is 6. The van der Waals surface area contributed by atoms with Crippen LogP contribution >= 0.6 is 0 Å². The lowest BCUT2D eigenvalue weighted by Crippen LogP contribution is -2.10. The summed E-state index contributed by atoms with van der Waals surface area (Å²) in [6, 6.07) is 17.5. The van der Waals surface area contributed by atoms with E-state index in [2.05, 4.69) is 34.2 Å². The molecule has 0 saturated heterocycles. The van der Waals surface area contributed by atoms with Crippen LogP contribution in [-0.4, -0.2) is 34.6 Å². The number of hydrogen-bond donors (Lipinski definition) is 2. The fourth-order valence-electron chi connectivity index (χ4n) is 3.93. The number of nitrogens with zero attached hydrogens (tertiary/aromatic N) is 6. The molecule has 8 nitrogen and oxygen atoms in total. The van der Waals surface area contributed by atoms with Crippen molar-refractivity contribution in [1.29, 1.82) is 0 Å². The summed E-state index contributed by atoms with van der Waals surface area (Å²) in [5, 5.41) is 19.7. The lowest BCUT2D eigenvalue weighted by atomic mass is 10.0. The number of aromatic nitrogens is 6. The van der Waals surface area contributed by atoms with Crippen LogP contribution in [0.1, 0.15) is 30.8 Å². The van der Waals surface area contributed by atoms with Crippen molar-refractivity contribution in [3.63, 3.8) is 0 Å². The highest BCUT2D eigenvalue weighted by Gasteiger charge is 2.17. The van der Waals surface area contributed by atoms with Gasteiger partial charge in [0.15, 0.2) is 5.82 Å². The van der Waals surface area contributed by atoms with Crippen LogP contribution in [0.5, 0.6) is 0 Å². The van der Waals surface area contributed by atoms with Crippen molar-refractivity contribution in [3.05, 3.63) is 78.4 Å². The molecule has 3 N–H and O–H groups in total. The van der Waals surface area contributed by atoms with Gasteiger partial charge in [0, 0.05) is 35.8 Å². The second-order valence-corrected chi connectivity index (χ2v) is 8.00. The number of hydrogen-bond acceptors (Lipinski definition) is 6. The third kappa shape index (κ3) is 3.90. The van der Waals surface area contributed by atoms with Crippen LogP contribution in [0, 0.1) is 0 Å². The number of aliphatic hydroxyl groups is 1. The lowest BCUT2D eigenvalue weighted by Gasteiger charge is -2.12. The zero-order valence-electron chi connectivity index (χ0n) is 18.6. The molecular weight excluding hydrogens is 414 g/mol. The molecule has 0 radical (unpaired) electrons. The SMILES string of the molecule is CC[C@H](N)c1cccc(-c2cc(-c3ccn(C)n3)c3cnn(-c4cccc(CO)n4)c3c2)n1. The van der Waals surface area contributed by atoms with Gasteiger partial charge in [-0.3, -0.25) is 9.67 Å². The monoisotopic (exact) mass is 439 g/mol. The van der Waals surface area contributed by atoms with Crippen LogP contribution in [-0.2, 0) is 13.7 Å². The van der Waals surface area contributed by atoms with E-state index in [1.807, 2.05) is 55.8 Å². The average Bonchev–Trinajstić information content (AvgIpc) is 3.49. The van der Waals surface area contributed by atoms with Crippen LogP contribution in [0.4, 0.5) is 0 Å². The van der Waals surface area contributed by atoms with Gasteiger partial charge in [-0.15, -0.1) is 0 Å². The Morgan fingerprint density at radius 2 is 1.88 bits per heavy atom. The first-order chi connectivity index (χ1) is 16.1. The molecule has 4 heterocycles. The van der Waals surface area contributed by atoms with Crippen LogP contribution in [0.2, 0.25) is 0 Å². The Morgan fingerprint density at radius 1 is 1.03 bits per heavy atom. The standard InChI is InChI=1S/C25H25N7O/c1-3-20(26)23-8-5-7-21(29-23)16-12-18(22-10-11-31(2)30-22)19-14-27-32(24(19)13-16)25-9-4-6-17(15-33)28-25/h4-14,20,33H,3,15,26H2,1-2H3/t20-/m0/s1. The Balaban J connectivity index is 1.75. The zero-order valence-corrected chi connectivity index (χ0v) is 18.6. The molecule has 0 unspecified atom stereocenters. The van der Waals surface area contributed by atoms with Gasteiger partial charge in [0.05, 0.1) is 41.1 Å². The molecule has 0 aliphatic carbocycles. The van der Waals surface area contributed by atoms with E-state index in [4.69, 9.17) is 10.7 Å². The number of pyridine rings is 2. The van der Waals surface area contributed by atoms with E-state index in [0.29, 0.717) is 11.5 Å². The van der Waals surface area contributed by atoms with E-state index >= 15 is 0 Å². The van der Waals surface area contributed by atoms with E-state index in [9.17, 15) is 5.11 Å². The third-order valence-electron chi connectivity index (χ3n) is 5.74. The van der Waals surface area contributed by atoms with Crippen molar-refractivity contribution in [2.75, 3.05) is 0 Å². The molecule has 5 rings (SSSR count). The van der Waals surface area contributed by atoms with Gasteiger partial charge in [0.1, 0.15) is 0 Å². The largest absolute Gasteiger partial charge is 0.390 e. The summed E-state index contributed by atoms with van der Waals surface area (Å²) in [4.78, 5) is 9.39. The van der Waals surface area contributed by atoms with Crippen LogP contribution < -0.4 is 5.73 Å². The molecule has 1 aromatic carbocycles. The number of nitrogens with two attached hydrogens (primary N) is 1. The molecule has 5 aromatic rings. The molecule has 0 spiro atoms. The fourth-order valence-corrected chi connectivity index (χ4v) is 3.93. The zero-order chi connectivity index (χ0) is 22.9. The second-order valence-electron chi connectivity index (χ2n) is 8.00. The molecule has 0 saturated carbocycles. The highest BCUT2D eigenvalue weighted by Crippen LogP contribution is 2.34. The Labute approximate surface area is 191 Å². The van der Waals surface area contributed by atoms with Crippen LogP contribution in [0.15, 0.2) is 67.0 Å². The van der Waals surface area contributed by atoms with Crippen LogP contribution in [0.3, 0.4) is 0 Å². The molecule has 0 fully saturated rings. The van der Waals surface area contributed by atoms with Gasteiger partial charge in [-0.1, -0.05) is 19.1 Å². The van der Waals surface area contributed by atoms with Crippen molar-refractivity contribution >= 4 is 10.9 Å². The maximum absolute atomic E-state index is 9.53. The number of aryl methyl sites for hydroxylation is 1. The Hall–Kier alpha value is -3.88. The van der Waals surface area contributed by atoms with Gasteiger partial charge < -0.3 is 10.8 Å². The van der Waals surface area contributed by atoms with Crippen molar-refractivity contribution in [2.45, 2.75) is 26.0 Å². The number of benzene rings is 1. The third-order valence-corrected chi connectivity index (χ3v) is 5.74. The van der Waals surface area contributed by atoms with E-state index in [-0.39, 0.29) is 12.6 Å². The molecule has 1 atom stereocenters. The molecule has 0 aliphatic rings. The summed E-state index contributed by atoms with van der Waals surface area (Å²) in [6.07, 6.45) is 4.56. The summed E-state index contributed by atoms with van der Waals surface area (Å²) in [5.74, 6) is 0.635. The quantitative estimate of drug-likeness (QED) is 0.417. The molecular formula is C25H25N7O. The normalized spacial score (nSPS) is 12.4. The Morgan fingerprint density at radius 3 is 2.64 bits per heavy atom. The van der Waals surface area contributed by atoms with E-state index in [1.54, 1.807) is 15.4 Å². The van der Waals surface area contributed by atoms with Crippen LogP contribution in [0.25, 0.3) is 39.2 Å². The maximum Gasteiger partial charge on any atom is 0.154 e. The lowest BCUT2D eigenvalue weighted by molar-refractivity contribution is 0.276. The highest BCUT2D eigenvalue weighted by molar-refractivity contribution is 5.97. The molecule has 0 amide bonds. The van der Waals surface area contributed by atoms with Gasteiger partial charge in [0.2, 0.25) is 0 Å². The molecule has 33 heavy (non-hydrogen) atoms. The molecule has 8 heteroatoms. The van der Waals surface area contributed by atoms with Gasteiger partial charge in [-0.2, -0.15) is 10.2 Å². The smallest absolute Gasteiger partial charge is 0.154 e. The van der Waals surface area contributed by atoms with Gasteiger partial charge in [0.25, 0.3) is 0 Å². The second kappa shape index (κ2) is 8.57. The summed E-state index contributed by atoms with van der Waals surface area (Å²) in [6.45, 7) is 1.92. The summed E-state index contributed by atoms with van der Waals surface area (Å²) in [7, 11) is 1.90. The van der Waals surface area contributed by atoms with Crippen molar-refractivity contribution in [1.82, 2.24) is 29.5 Å². The summed E-state index contributed by atoms with van der Waals surface area (Å²) in [5.41, 5.74) is 12.2.